The molecule has 0 bridgehead atoms. The van der Waals surface area contributed by atoms with Gasteiger partial charge in [-0.25, -0.2) is 0 Å². The van der Waals surface area contributed by atoms with E-state index in [-0.39, 0.29) is 17.4 Å². The van der Waals surface area contributed by atoms with Crippen LogP contribution in [0.5, 0.6) is 6.01 Å². The first-order chi connectivity index (χ1) is 9.17. The van der Waals surface area contributed by atoms with Crippen LogP contribution in [0.4, 0.5) is 5.95 Å². The third kappa shape index (κ3) is 4.47. The van der Waals surface area contributed by atoms with Crippen LogP contribution < -0.4 is 10.1 Å². The fourth-order valence-electron chi connectivity index (χ4n) is 2.14. The van der Waals surface area contributed by atoms with Crippen LogP contribution in [-0.4, -0.2) is 39.3 Å². The standard InChI is InChI=1S/C12H19ClN4O2/c1-2-5-19-12-16-10(13)15-11(17-12)14-7-8-3-4-9(18)6-8/h8-9,18H,2-7H2,1H3,(H,14,15,16,17). The fraction of sp³-hybridized carbons (Fsp3) is 0.750. The fourth-order valence-corrected chi connectivity index (χ4v) is 2.29. The van der Waals surface area contributed by atoms with Crippen LogP contribution in [-0.2, 0) is 0 Å². The normalized spacial score (nSPS) is 22.5. The lowest BCUT2D eigenvalue weighted by Gasteiger charge is -2.11. The zero-order valence-electron chi connectivity index (χ0n) is 11.0. The third-order valence-corrected chi connectivity index (χ3v) is 3.25. The van der Waals surface area contributed by atoms with Crippen molar-refractivity contribution in [3.05, 3.63) is 5.28 Å². The molecule has 2 N–H and O–H groups in total. The van der Waals surface area contributed by atoms with E-state index >= 15 is 0 Å². The molecular weight excluding hydrogens is 268 g/mol. The van der Waals surface area contributed by atoms with Gasteiger partial charge in [0.1, 0.15) is 0 Å². The minimum Gasteiger partial charge on any atom is -0.463 e. The van der Waals surface area contributed by atoms with Gasteiger partial charge in [0.25, 0.3) is 0 Å². The first-order valence-electron chi connectivity index (χ1n) is 6.63. The largest absolute Gasteiger partial charge is 0.463 e. The summed E-state index contributed by atoms with van der Waals surface area (Å²) in [5.41, 5.74) is 0. The van der Waals surface area contributed by atoms with E-state index in [1.165, 1.54) is 0 Å². The lowest BCUT2D eigenvalue weighted by Crippen LogP contribution is -2.15. The molecule has 19 heavy (non-hydrogen) atoms. The summed E-state index contributed by atoms with van der Waals surface area (Å²) in [5.74, 6) is 0.873. The second-order valence-corrected chi connectivity index (χ2v) is 5.11. The summed E-state index contributed by atoms with van der Waals surface area (Å²) >= 11 is 5.83. The molecule has 7 heteroatoms. The summed E-state index contributed by atoms with van der Waals surface area (Å²) in [6, 6.07) is 0.246. The average molecular weight is 287 g/mol. The van der Waals surface area contributed by atoms with Crippen molar-refractivity contribution < 1.29 is 9.84 Å². The molecule has 0 spiro atoms. The first-order valence-corrected chi connectivity index (χ1v) is 7.01. The van der Waals surface area contributed by atoms with Gasteiger partial charge in [0.05, 0.1) is 12.7 Å². The molecule has 1 saturated carbocycles. The molecule has 6 nitrogen and oxygen atoms in total. The molecule has 1 aromatic rings. The van der Waals surface area contributed by atoms with Gasteiger partial charge < -0.3 is 15.2 Å². The number of aliphatic hydroxyl groups excluding tert-OH is 1. The topological polar surface area (TPSA) is 80.2 Å². The molecule has 1 aliphatic carbocycles. The van der Waals surface area contributed by atoms with Crippen molar-refractivity contribution >= 4 is 17.5 Å². The summed E-state index contributed by atoms with van der Waals surface area (Å²) in [6.07, 6.45) is 3.43. The van der Waals surface area contributed by atoms with Crippen LogP contribution in [0.25, 0.3) is 0 Å². The highest BCUT2D eigenvalue weighted by molar-refractivity contribution is 6.28. The van der Waals surface area contributed by atoms with E-state index in [9.17, 15) is 5.11 Å². The van der Waals surface area contributed by atoms with Gasteiger partial charge >= 0.3 is 6.01 Å². The van der Waals surface area contributed by atoms with Crippen molar-refractivity contribution in [1.29, 1.82) is 0 Å². The van der Waals surface area contributed by atoms with Gasteiger partial charge in [-0.1, -0.05) is 6.92 Å². The van der Waals surface area contributed by atoms with Crippen molar-refractivity contribution in [2.75, 3.05) is 18.5 Å². The zero-order valence-corrected chi connectivity index (χ0v) is 11.7. The van der Waals surface area contributed by atoms with Crippen LogP contribution in [0.15, 0.2) is 0 Å². The Bertz CT molecular complexity index is 419. The van der Waals surface area contributed by atoms with E-state index in [1.54, 1.807) is 0 Å². The van der Waals surface area contributed by atoms with Crippen molar-refractivity contribution in [1.82, 2.24) is 15.0 Å². The maximum atomic E-state index is 9.47. The van der Waals surface area contributed by atoms with Gasteiger partial charge in [-0.15, -0.1) is 0 Å². The molecule has 0 aromatic carbocycles. The number of rotatable bonds is 6. The van der Waals surface area contributed by atoms with Crippen molar-refractivity contribution in [3.8, 4) is 6.01 Å². The molecule has 0 saturated heterocycles. The molecule has 1 aromatic heterocycles. The van der Waals surface area contributed by atoms with Crippen molar-refractivity contribution in [2.45, 2.75) is 38.7 Å². The highest BCUT2D eigenvalue weighted by Crippen LogP contribution is 2.25. The first kappa shape index (κ1) is 14.3. The molecular formula is C12H19ClN4O2. The van der Waals surface area contributed by atoms with E-state index in [4.69, 9.17) is 16.3 Å². The number of halogens is 1. The van der Waals surface area contributed by atoms with E-state index < -0.39 is 0 Å². The zero-order chi connectivity index (χ0) is 13.7. The van der Waals surface area contributed by atoms with Crippen molar-refractivity contribution in [3.63, 3.8) is 0 Å². The highest BCUT2D eigenvalue weighted by atomic mass is 35.5. The van der Waals surface area contributed by atoms with Gasteiger partial charge in [-0.3, -0.25) is 0 Å². The molecule has 1 heterocycles. The Morgan fingerprint density at radius 3 is 2.89 bits per heavy atom. The van der Waals surface area contributed by atoms with Gasteiger partial charge in [0.2, 0.25) is 11.2 Å². The quantitative estimate of drug-likeness (QED) is 0.831. The van der Waals surface area contributed by atoms with Crippen LogP contribution in [0.1, 0.15) is 32.6 Å². The highest BCUT2D eigenvalue weighted by Gasteiger charge is 2.22. The Balaban J connectivity index is 1.90. The monoisotopic (exact) mass is 286 g/mol. The Hall–Kier alpha value is -1.14. The number of ether oxygens (including phenoxy) is 1. The molecule has 0 radical (unpaired) electrons. The molecule has 2 rings (SSSR count). The number of aromatic nitrogens is 3. The third-order valence-electron chi connectivity index (χ3n) is 3.09. The lowest BCUT2D eigenvalue weighted by molar-refractivity contribution is 0.178. The molecule has 0 aliphatic heterocycles. The van der Waals surface area contributed by atoms with Crippen LogP contribution in [0, 0.1) is 5.92 Å². The second kappa shape index (κ2) is 6.86. The number of nitrogens with one attached hydrogen (secondary N) is 1. The summed E-state index contributed by atoms with van der Waals surface area (Å²) in [7, 11) is 0. The lowest BCUT2D eigenvalue weighted by atomic mass is 10.1. The molecule has 1 fully saturated rings. The van der Waals surface area contributed by atoms with Crippen molar-refractivity contribution in [2.24, 2.45) is 5.92 Å². The SMILES string of the molecule is CCCOc1nc(Cl)nc(NCC2CCC(O)C2)n1. The van der Waals surface area contributed by atoms with Gasteiger partial charge in [-0.2, -0.15) is 15.0 Å². The number of aliphatic hydroxyl groups is 1. The van der Waals surface area contributed by atoms with E-state index in [1.807, 2.05) is 6.92 Å². The van der Waals surface area contributed by atoms with E-state index in [0.717, 1.165) is 32.2 Å². The van der Waals surface area contributed by atoms with Crippen LogP contribution in [0.3, 0.4) is 0 Å². The Kier molecular flexibility index (Phi) is 5.15. The predicted molar refractivity (Wildman–Crippen MR) is 72.5 cm³/mol. The minimum absolute atomic E-state index is 0.120. The van der Waals surface area contributed by atoms with Gasteiger partial charge in [-0.05, 0) is 43.2 Å². The maximum absolute atomic E-state index is 9.47. The van der Waals surface area contributed by atoms with E-state index in [0.29, 0.717) is 18.5 Å². The summed E-state index contributed by atoms with van der Waals surface area (Å²) in [6.45, 7) is 3.28. The predicted octanol–water partition coefficient (Wildman–Crippen LogP) is 1.89. The summed E-state index contributed by atoms with van der Waals surface area (Å²) in [4.78, 5) is 12.1. The molecule has 0 amide bonds. The average Bonchev–Trinajstić information content (AvgIpc) is 2.79. The second-order valence-electron chi connectivity index (χ2n) is 4.77. The van der Waals surface area contributed by atoms with Crippen LogP contribution >= 0.6 is 11.6 Å². The number of anilines is 1. The number of nitrogens with zero attached hydrogens (tertiary/aromatic N) is 3. The number of hydrogen-bond acceptors (Lipinski definition) is 6. The minimum atomic E-state index is -0.169. The van der Waals surface area contributed by atoms with E-state index in [2.05, 4.69) is 20.3 Å². The maximum Gasteiger partial charge on any atom is 0.322 e. The Morgan fingerprint density at radius 2 is 2.21 bits per heavy atom. The Labute approximate surface area is 117 Å². The summed E-state index contributed by atoms with van der Waals surface area (Å²) in [5, 5.41) is 12.7. The Morgan fingerprint density at radius 1 is 1.37 bits per heavy atom. The van der Waals surface area contributed by atoms with Gasteiger partial charge in [0.15, 0.2) is 0 Å². The molecule has 1 aliphatic rings. The summed E-state index contributed by atoms with van der Waals surface area (Å²) < 4.78 is 5.34. The molecule has 106 valence electrons. The molecule has 2 unspecified atom stereocenters. The molecule has 2 atom stereocenters. The van der Waals surface area contributed by atoms with Crippen LogP contribution in [0.2, 0.25) is 5.28 Å². The van der Waals surface area contributed by atoms with Gasteiger partial charge in [0, 0.05) is 6.54 Å². The smallest absolute Gasteiger partial charge is 0.322 e. The number of hydrogen-bond donors (Lipinski definition) is 2.